The molecule has 5 rings (SSSR count). The van der Waals surface area contributed by atoms with E-state index in [4.69, 9.17) is 0 Å². The fraction of sp³-hybridized carbons (Fsp3) is 0.400. The van der Waals surface area contributed by atoms with Crippen molar-refractivity contribution >= 4 is 37.2 Å². The Balaban J connectivity index is 1.41. The number of sulfone groups is 1. The van der Waals surface area contributed by atoms with Crippen LogP contribution in [0.2, 0.25) is 0 Å². The van der Waals surface area contributed by atoms with Gasteiger partial charge in [-0.25, -0.2) is 22.8 Å². The van der Waals surface area contributed by atoms with E-state index in [1.54, 1.807) is 29.8 Å². The Morgan fingerprint density at radius 2 is 1.83 bits per heavy atom. The Morgan fingerprint density at radius 3 is 2.52 bits per heavy atom. The van der Waals surface area contributed by atoms with Crippen molar-refractivity contribution in [1.82, 2.24) is 14.9 Å². The van der Waals surface area contributed by atoms with Crippen molar-refractivity contribution in [3.05, 3.63) is 41.8 Å². The lowest BCUT2D eigenvalue weighted by Gasteiger charge is -2.38. The first kappa shape index (κ1) is 18.9. The van der Waals surface area contributed by atoms with Crippen LogP contribution in [0.3, 0.4) is 0 Å². The first-order valence-electron chi connectivity index (χ1n) is 9.68. The van der Waals surface area contributed by atoms with Gasteiger partial charge in [0.15, 0.2) is 9.84 Å². The summed E-state index contributed by atoms with van der Waals surface area (Å²) in [7, 11) is -2.87. The third-order valence-corrected chi connectivity index (χ3v) is 8.48. The summed E-state index contributed by atoms with van der Waals surface area (Å²) in [6, 6.07) is 6.65. The number of anilines is 1. The van der Waals surface area contributed by atoms with Crippen LogP contribution < -0.4 is 4.90 Å². The minimum atomic E-state index is -2.87. The molecule has 0 radical (unpaired) electrons. The molecule has 2 fully saturated rings. The Kier molecular flexibility index (Phi) is 4.76. The molecule has 0 spiro atoms. The number of thiophene rings is 1. The first-order chi connectivity index (χ1) is 14.0. The highest BCUT2D eigenvalue weighted by molar-refractivity contribution is 7.91. The van der Waals surface area contributed by atoms with E-state index in [9.17, 15) is 12.8 Å². The van der Waals surface area contributed by atoms with Crippen molar-refractivity contribution in [3.8, 4) is 11.1 Å². The van der Waals surface area contributed by atoms with E-state index < -0.39 is 9.84 Å². The molecule has 9 heteroatoms. The van der Waals surface area contributed by atoms with Crippen molar-refractivity contribution in [1.29, 1.82) is 0 Å². The van der Waals surface area contributed by atoms with Crippen LogP contribution >= 0.6 is 11.3 Å². The second-order valence-electron chi connectivity index (χ2n) is 7.61. The molecule has 2 aliphatic rings. The maximum Gasteiger partial charge on any atom is 0.151 e. The van der Waals surface area contributed by atoms with Gasteiger partial charge in [0.05, 0.1) is 16.9 Å². The lowest BCUT2D eigenvalue weighted by atomic mass is 10.1. The summed E-state index contributed by atoms with van der Waals surface area (Å²) >= 11 is 1.56. The van der Waals surface area contributed by atoms with Crippen LogP contribution in [0.25, 0.3) is 21.3 Å². The topological polar surface area (TPSA) is 66.4 Å². The van der Waals surface area contributed by atoms with Gasteiger partial charge in [-0.2, -0.15) is 0 Å². The SMILES string of the molecule is O=S1(=O)CC[C@H](N2CCN(c3ncnc4scc(-c5ccc(F)cc5)c34)CC2)C1. The number of rotatable bonds is 3. The molecular formula is C20H21FN4O2S2. The lowest BCUT2D eigenvalue weighted by molar-refractivity contribution is 0.200. The summed E-state index contributed by atoms with van der Waals surface area (Å²) in [4.78, 5) is 14.5. The fourth-order valence-corrected chi connectivity index (χ4v) is 6.98. The molecule has 6 nitrogen and oxygen atoms in total. The number of benzene rings is 1. The molecule has 0 saturated carbocycles. The molecule has 0 N–H and O–H groups in total. The zero-order valence-corrected chi connectivity index (χ0v) is 17.4. The minimum Gasteiger partial charge on any atom is -0.353 e. The summed E-state index contributed by atoms with van der Waals surface area (Å²) in [5.41, 5.74) is 1.97. The van der Waals surface area contributed by atoms with E-state index in [0.717, 1.165) is 59.8 Å². The number of fused-ring (bicyclic) bond motifs is 1. The Hall–Kier alpha value is -2.10. The van der Waals surface area contributed by atoms with Crippen LogP contribution in [0, 0.1) is 5.82 Å². The highest BCUT2D eigenvalue weighted by Crippen LogP contribution is 2.38. The average molecular weight is 433 g/mol. The van der Waals surface area contributed by atoms with Gasteiger partial charge in [-0.3, -0.25) is 4.90 Å². The van der Waals surface area contributed by atoms with Gasteiger partial charge in [-0.15, -0.1) is 11.3 Å². The van der Waals surface area contributed by atoms with Gasteiger partial charge in [-0.05, 0) is 24.1 Å². The van der Waals surface area contributed by atoms with E-state index in [0.29, 0.717) is 5.75 Å². The zero-order chi connectivity index (χ0) is 20.0. The molecule has 2 aliphatic heterocycles. The predicted molar refractivity (Wildman–Crippen MR) is 114 cm³/mol. The molecule has 0 aliphatic carbocycles. The summed E-state index contributed by atoms with van der Waals surface area (Å²) in [5.74, 6) is 1.23. The van der Waals surface area contributed by atoms with Crippen LogP contribution in [-0.4, -0.2) is 67.0 Å². The molecule has 0 bridgehead atoms. The van der Waals surface area contributed by atoms with Crippen LogP contribution in [0.15, 0.2) is 36.0 Å². The maximum absolute atomic E-state index is 13.4. The number of hydrogen-bond acceptors (Lipinski definition) is 7. The molecule has 2 aromatic heterocycles. The normalized spacial score (nSPS) is 22.4. The predicted octanol–water partition coefficient (Wildman–Crippen LogP) is 2.81. The quantitative estimate of drug-likeness (QED) is 0.634. The van der Waals surface area contributed by atoms with E-state index in [1.807, 2.05) is 0 Å². The van der Waals surface area contributed by atoms with E-state index in [-0.39, 0.29) is 17.6 Å². The smallest absolute Gasteiger partial charge is 0.151 e. The first-order valence-corrected chi connectivity index (χ1v) is 12.4. The fourth-order valence-electron chi connectivity index (χ4n) is 4.30. The monoisotopic (exact) mass is 432 g/mol. The number of piperazine rings is 1. The van der Waals surface area contributed by atoms with Gasteiger partial charge in [-0.1, -0.05) is 12.1 Å². The van der Waals surface area contributed by atoms with Gasteiger partial charge in [0.2, 0.25) is 0 Å². The van der Waals surface area contributed by atoms with Crippen LogP contribution in [0.4, 0.5) is 10.2 Å². The van der Waals surface area contributed by atoms with Crippen molar-refractivity contribution in [2.24, 2.45) is 0 Å². The van der Waals surface area contributed by atoms with Gasteiger partial charge >= 0.3 is 0 Å². The minimum absolute atomic E-state index is 0.142. The second kappa shape index (κ2) is 7.30. The molecule has 1 aromatic carbocycles. The number of halogens is 1. The highest BCUT2D eigenvalue weighted by Gasteiger charge is 2.34. The molecule has 0 amide bonds. The van der Waals surface area contributed by atoms with E-state index in [1.165, 1.54) is 12.1 Å². The van der Waals surface area contributed by atoms with Crippen LogP contribution in [0.1, 0.15) is 6.42 Å². The van der Waals surface area contributed by atoms with Crippen LogP contribution in [-0.2, 0) is 9.84 Å². The third-order valence-electron chi connectivity index (χ3n) is 5.84. The number of nitrogens with zero attached hydrogens (tertiary/aromatic N) is 4. The average Bonchev–Trinajstić information content (AvgIpc) is 3.32. The van der Waals surface area contributed by atoms with Crippen molar-refractivity contribution in [2.45, 2.75) is 12.5 Å². The van der Waals surface area contributed by atoms with Gasteiger partial charge in [0.25, 0.3) is 0 Å². The molecule has 152 valence electrons. The summed E-state index contributed by atoms with van der Waals surface area (Å²) in [6.07, 6.45) is 2.33. The van der Waals surface area contributed by atoms with Crippen molar-refractivity contribution < 1.29 is 12.8 Å². The summed E-state index contributed by atoms with van der Waals surface area (Å²) in [6.45, 7) is 3.23. The maximum atomic E-state index is 13.4. The molecule has 0 unspecified atom stereocenters. The highest BCUT2D eigenvalue weighted by atomic mass is 32.2. The molecule has 1 atom stereocenters. The Bertz CT molecular complexity index is 1140. The Morgan fingerprint density at radius 1 is 1.07 bits per heavy atom. The van der Waals surface area contributed by atoms with Crippen molar-refractivity contribution in [2.75, 3.05) is 42.6 Å². The van der Waals surface area contributed by atoms with Crippen molar-refractivity contribution in [3.63, 3.8) is 0 Å². The van der Waals surface area contributed by atoms with E-state index >= 15 is 0 Å². The second-order valence-corrected chi connectivity index (χ2v) is 10.7. The largest absolute Gasteiger partial charge is 0.353 e. The van der Waals surface area contributed by atoms with Gasteiger partial charge in [0, 0.05) is 43.2 Å². The molecule has 3 aromatic rings. The molecule has 4 heterocycles. The van der Waals surface area contributed by atoms with E-state index in [2.05, 4.69) is 25.1 Å². The molecule has 2 saturated heterocycles. The molecular weight excluding hydrogens is 411 g/mol. The number of aromatic nitrogens is 2. The summed E-state index contributed by atoms with van der Waals surface area (Å²) < 4.78 is 37.0. The standard InChI is InChI=1S/C20H21FN4O2S2/c21-15-3-1-14(2-4-15)17-11-28-20-18(17)19(22-13-23-20)25-8-6-24(7-9-25)16-5-10-29(26,27)12-16/h1-4,11,13,16H,5-10,12H2/t16-/m0/s1. The summed E-state index contributed by atoms with van der Waals surface area (Å²) in [5, 5.41) is 3.05. The lowest BCUT2D eigenvalue weighted by Crippen LogP contribution is -2.51. The van der Waals surface area contributed by atoms with Crippen LogP contribution in [0.5, 0.6) is 0 Å². The Labute approximate surface area is 172 Å². The molecule has 29 heavy (non-hydrogen) atoms. The number of hydrogen-bond donors (Lipinski definition) is 0. The third kappa shape index (κ3) is 3.62. The van der Waals surface area contributed by atoms with Gasteiger partial charge < -0.3 is 4.90 Å². The zero-order valence-electron chi connectivity index (χ0n) is 15.8. The van der Waals surface area contributed by atoms with Gasteiger partial charge in [0.1, 0.15) is 22.8 Å².